The number of sulfone groups is 2. The Kier molecular flexibility index (Phi) is 4.97. The molecule has 2 unspecified atom stereocenters. The summed E-state index contributed by atoms with van der Waals surface area (Å²) in [5, 5.41) is 0. The second-order valence-corrected chi connectivity index (χ2v) is 10.5. The van der Waals surface area contributed by atoms with Crippen LogP contribution in [0.2, 0.25) is 0 Å². The number of amides is 1. The van der Waals surface area contributed by atoms with Crippen molar-refractivity contribution in [3.63, 3.8) is 0 Å². The van der Waals surface area contributed by atoms with E-state index in [2.05, 4.69) is 0 Å². The Labute approximate surface area is 126 Å². The van der Waals surface area contributed by atoms with Crippen LogP contribution < -0.4 is 0 Å². The molecule has 8 heteroatoms. The van der Waals surface area contributed by atoms with Gasteiger partial charge < -0.3 is 4.90 Å². The van der Waals surface area contributed by atoms with E-state index in [1.54, 1.807) is 4.90 Å². The zero-order valence-electron chi connectivity index (χ0n) is 12.3. The minimum absolute atomic E-state index is 0.0372. The molecule has 0 N–H and O–H groups in total. The maximum Gasteiger partial charge on any atom is 0.223 e. The van der Waals surface area contributed by atoms with E-state index in [0.29, 0.717) is 19.4 Å². The van der Waals surface area contributed by atoms with Gasteiger partial charge in [-0.15, -0.1) is 0 Å². The van der Waals surface area contributed by atoms with E-state index >= 15 is 0 Å². The summed E-state index contributed by atoms with van der Waals surface area (Å²) in [5.41, 5.74) is 0. The molecular weight excluding hydrogens is 314 g/mol. The van der Waals surface area contributed by atoms with Gasteiger partial charge in [0, 0.05) is 19.0 Å². The highest BCUT2D eigenvalue weighted by molar-refractivity contribution is 7.91. The SMILES string of the molecule is CCN(C(=O)CC1CCCS(=O)(=O)C1)C1CCS(=O)(=O)C1. The van der Waals surface area contributed by atoms with Crippen molar-refractivity contribution >= 4 is 25.6 Å². The van der Waals surface area contributed by atoms with Crippen LogP contribution >= 0.6 is 0 Å². The summed E-state index contributed by atoms with van der Waals surface area (Å²) in [5.74, 6) is 0.245. The normalized spacial score (nSPS) is 30.9. The number of nitrogens with zero attached hydrogens (tertiary/aromatic N) is 1. The van der Waals surface area contributed by atoms with Gasteiger partial charge in [-0.05, 0) is 32.1 Å². The van der Waals surface area contributed by atoms with Crippen molar-refractivity contribution in [3.05, 3.63) is 0 Å². The van der Waals surface area contributed by atoms with Crippen LogP contribution in [0.4, 0.5) is 0 Å². The van der Waals surface area contributed by atoms with Crippen LogP contribution in [0.1, 0.15) is 32.6 Å². The molecule has 122 valence electrons. The van der Waals surface area contributed by atoms with Gasteiger partial charge >= 0.3 is 0 Å². The summed E-state index contributed by atoms with van der Waals surface area (Å²) in [7, 11) is -6.04. The lowest BCUT2D eigenvalue weighted by molar-refractivity contribution is -0.133. The van der Waals surface area contributed by atoms with Gasteiger partial charge in [0.05, 0.1) is 23.0 Å². The summed E-state index contributed by atoms with van der Waals surface area (Å²) < 4.78 is 46.3. The molecule has 0 aromatic rings. The van der Waals surface area contributed by atoms with E-state index in [1.807, 2.05) is 6.92 Å². The first-order valence-electron chi connectivity index (χ1n) is 7.43. The lowest BCUT2D eigenvalue weighted by Gasteiger charge is -2.29. The van der Waals surface area contributed by atoms with Crippen LogP contribution in [0.15, 0.2) is 0 Å². The number of carbonyl (C=O) groups is 1. The van der Waals surface area contributed by atoms with Crippen LogP contribution in [0.3, 0.4) is 0 Å². The number of hydrogen-bond acceptors (Lipinski definition) is 5. The van der Waals surface area contributed by atoms with E-state index in [9.17, 15) is 21.6 Å². The highest BCUT2D eigenvalue weighted by Gasteiger charge is 2.35. The highest BCUT2D eigenvalue weighted by atomic mass is 32.2. The Balaban J connectivity index is 1.98. The minimum atomic E-state index is -3.03. The van der Waals surface area contributed by atoms with Crippen molar-refractivity contribution in [2.75, 3.05) is 29.6 Å². The molecule has 0 spiro atoms. The largest absolute Gasteiger partial charge is 0.339 e. The molecule has 2 fully saturated rings. The van der Waals surface area contributed by atoms with Crippen LogP contribution in [0.25, 0.3) is 0 Å². The standard InChI is InChI=1S/C13H23NO5S2/c1-2-14(12-5-7-21(18,19)10-12)13(15)8-11-4-3-6-20(16,17)9-11/h11-12H,2-10H2,1H3. The van der Waals surface area contributed by atoms with E-state index < -0.39 is 19.7 Å². The predicted molar refractivity (Wildman–Crippen MR) is 80.4 cm³/mol. The Morgan fingerprint density at radius 1 is 1.05 bits per heavy atom. The fourth-order valence-corrected chi connectivity index (χ4v) is 6.81. The maximum absolute atomic E-state index is 12.4. The van der Waals surface area contributed by atoms with Gasteiger partial charge in [0.25, 0.3) is 0 Å². The van der Waals surface area contributed by atoms with Gasteiger partial charge in [-0.2, -0.15) is 0 Å². The molecule has 0 aromatic carbocycles. The highest BCUT2D eigenvalue weighted by Crippen LogP contribution is 2.24. The summed E-state index contributed by atoms with van der Waals surface area (Å²) >= 11 is 0. The quantitative estimate of drug-likeness (QED) is 0.733. The predicted octanol–water partition coefficient (Wildman–Crippen LogP) is 0.237. The second-order valence-electron chi connectivity index (χ2n) is 6.06. The number of carbonyl (C=O) groups excluding carboxylic acids is 1. The summed E-state index contributed by atoms with van der Waals surface area (Å²) in [6.45, 7) is 2.30. The topological polar surface area (TPSA) is 88.6 Å². The molecule has 2 aliphatic heterocycles. The molecule has 6 nitrogen and oxygen atoms in total. The minimum Gasteiger partial charge on any atom is -0.339 e. The van der Waals surface area contributed by atoms with E-state index in [4.69, 9.17) is 0 Å². The molecule has 2 rings (SSSR count). The van der Waals surface area contributed by atoms with Gasteiger partial charge in [-0.1, -0.05) is 0 Å². The van der Waals surface area contributed by atoms with Crippen LogP contribution in [-0.2, 0) is 24.5 Å². The molecule has 21 heavy (non-hydrogen) atoms. The molecule has 0 aromatic heterocycles. The van der Waals surface area contributed by atoms with Crippen LogP contribution in [-0.4, -0.2) is 63.2 Å². The third-order valence-corrected chi connectivity index (χ3v) is 7.97. The van der Waals surface area contributed by atoms with E-state index in [-0.39, 0.29) is 47.3 Å². The lowest BCUT2D eigenvalue weighted by atomic mass is 10.00. The van der Waals surface area contributed by atoms with Crippen molar-refractivity contribution in [1.82, 2.24) is 4.90 Å². The van der Waals surface area contributed by atoms with Crippen molar-refractivity contribution in [3.8, 4) is 0 Å². The molecule has 1 amide bonds. The van der Waals surface area contributed by atoms with Crippen molar-refractivity contribution in [1.29, 1.82) is 0 Å². The first kappa shape index (κ1) is 16.7. The average Bonchev–Trinajstić information content (AvgIpc) is 2.69. The Morgan fingerprint density at radius 3 is 2.24 bits per heavy atom. The molecule has 0 saturated carbocycles. The monoisotopic (exact) mass is 337 g/mol. The molecule has 2 saturated heterocycles. The second kappa shape index (κ2) is 6.24. The smallest absolute Gasteiger partial charge is 0.223 e. The zero-order chi connectivity index (χ0) is 15.7. The van der Waals surface area contributed by atoms with Crippen molar-refractivity contribution < 1.29 is 21.6 Å². The number of hydrogen-bond donors (Lipinski definition) is 0. The summed E-state index contributed by atoms with van der Waals surface area (Å²) in [4.78, 5) is 14.0. The fraction of sp³-hybridized carbons (Fsp3) is 0.923. The van der Waals surface area contributed by atoms with Crippen LogP contribution in [0, 0.1) is 5.92 Å². The average molecular weight is 337 g/mol. The van der Waals surface area contributed by atoms with E-state index in [0.717, 1.165) is 6.42 Å². The molecule has 2 aliphatic rings. The molecule has 0 aliphatic carbocycles. The van der Waals surface area contributed by atoms with Gasteiger partial charge in [0.15, 0.2) is 19.7 Å². The van der Waals surface area contributed by atoms with Crippen molar-refractivity contribution in [2.45, 2.75) is 38.6 Å². The first-order valence-corrected chi connectivity index (χ1v) is 11.1. The van der Waals surface area contributed by atoms with Gasteiger partial charge in [-0.25, -0.2) is 16.8 Å². The summed E-state index contributed by atoms with van der Waals surface area (Å²) in [6.07, 6.45) is 2.07. The number of rotatable bonds is 4. The fourth-order valence-electron chi connectivity index (χ4n) is 3.30. The van der Waals surface area contributed by atoms with Gasteiger partial charge in [0.1, 0.15) is 0 Å². The Morgan fingerprint density at radius 2 is 1.71 bits per heavy atom. The molecular formula is C13H23NO5S2. The summed E-state index contributed by atoms with van der Waals surface area (Å²) in [6, 6.07) is -0.243. The molecule has 0 radical (unpaired) electrons. The third kappa shape index (κ3) is 4.42. The maximum atomic E-state index is 12.4. The molecule has 2 atom stereocenters. The Bertz CT molecular complexity index is 596. The molecule has 0 bridgehead atoms. The lowest BCUT2D eigenvalue weighted by Crippen LogP contribution is -2.42. The van der Waals surface area contributed by atoms with E-state index in [1.165, 1.54) is 0 Å². The third-order valence-electron chi connectivity index (χ3n) is 4.33. The van der Waals surface area contributed by atoms with Gasteiger partial charge in [-0.3, -0.25) is 4.79 Å². The van der Waals surface area contributed by atoms with Gasteiger partial charge in [0.2, 0.25) is 5.91 Å². The zero-order valence-corrected chi connectivity index (χ0v) is 14.0. The van der Waals surface area contributed by atoms with Crippen molar-refractivity contribution in [2.24, 2.45) is 5.92 Å². The van der Waals surface area contributed by atoms with Crippen LogP contribution in [0.5, 0.6) is 0 Å². The Hall–Kier alpha value is -0.630. The molecule has 2 heterocycles. The first-order chi connectivity index (χ1) is 9.72.